The minimum atomic E-state index is -0.0302. The van der Waals surface area contributed by atoms with Crippen molar-refractivity contribution in [2.24, 2.45) is 0 Å². The molecule has 1 aromatic rings. The molecule has 0 radical (unpaired) electrons. The second-order valence-corrected chi connectivity index (χ2v) is 6.59. The minimum Gasteiger partial charge on any atom is -0.381 e. The first-order valence-corrected chi connectivity index (χ1v) is 8.79. The summed E-state index contributed by atoms with van der Waals surface area (Å²) < 4.78 is 7.14. The fourth-order valence-electron chi connectivity index (χ4n) is 2.90. The quantitative estimate of drug-likeness (QED) is 0.790. The molecule has 140 valence electrons. The molecule has 2 heterocycles. The van der Waals surface area contributed by atoms with E-state index in [1.807, 2.05) is 18.0 Å². The van der Waals surface area contributed by atoms with Crippen molar-refractivity contribution in [3.63, 3.8) is 0 Å². The molecule has 0 unspecified atom stereocenters. The number of carbonyl (C=O) groups is 2. The van der Waals surface area contributed by atoms with E-state index in [9.17, 15) is 9.59 Å². The smallest absolute Gasteiger partial charge is 0.319 e. The summed E-state index contributed by atoms with van der Waals surface area (Å²) in [6.07, 6.45) is 5.74. The molecular weight excluding hydrogens is 322 g/mol. The Hall–Kier alpha value is -2.09. The molecule has 3 amide bonds. The number of hydrogen-bond acceptors (Lipinski definition) is 4. The number of urea groups is 1. The molecule has 1 fully saturated rings. The molecule has 8 nitrogen and oxygen atoms in total. The van der Waals surface area contributed by atoms with Crippen molar-refractivity contribution >= 4 is 11.9 Å². The van der Waals surface area contributed by atoms with E-state index >= 15 is 0 Å². The van der Waals surface area contributed by atoms with Gasteiger partial charge in [0.05, 0.1) is 6.20 Å². The van der Waals surface area contributed by atoms with Crippen molar-refractivity contribution < 1.29 is 14.3 Å². The van der Waals surface area contributed by atoms with E-state index in [1.54, 1.807) is 29.9 Å². The zero-order chi connectivity index (χ0) is 18.2. The molecular formula is C17H29N5O3. The maximum absolute atomic E-state index is 12.4. The van der Waals surface area contributed by atoms with Crippen LogP contribution in [0.4, 0.5) is 4.79 Å². The van der Waals surface area contributed by atoms with E-state index < -0.39 is 0 Å². The van der Waals surface area contributed by atoms with Crippen molar-refractivity contribution in [3.8, 4) is 0 Å². The van der Waals surface area contributed by atoms with Gasteiger partial charge in [0.25, 0.3) is 0 Å². The number of rotatable bonds is 7. The van der Waals surface area contributed by atoms with Crippen molar-refractivity contribution in [1.29, 1.82) is 0 Å². The van der Waals surface area contributed by atoms with Crippen LogP contribution in [0.15, 0.2) is 12.4 Å². The highest BCUT2D eigenvalue weighted by Gasteiger charge is 2.26. The topological polar surface area (TPSA) is 79.7 Å². The van der Waals surface area contributed by atoms with Crippen molar-refractivity contribution in [2.45, 2.75) is 38.8 Å². The van der Waals surface area contributed by atoms with E-state index in [4.69, 9.17) is 4.74 Å². The predicted molar refractivity (Wildman–Crippen MR) is 94.2 cm³/mol. The maximum Gasteiger partial charge on any atom is 0.319 e. The molecule has 0 atom stereocenters. The number of nitrogens with one attached hydrogen (secondary N) is 1. The third kappa shape index (κ3) is 6.04. The van der Waals surface area contributed by atoms with E-state index in [0.717, 1.165) is 18.4 Å². The zero-order valence-electron chi connectivity index (χ0n) is 15.4. The average Bonchev–Trinajstić information content (AvgIpc) is 3.02. The number of ether oxygens (including phenoxy) is 1. The second kappa shape index (κ2) is 9.41. The lowest BCUT2D eigenvalue weighted by Crippen LogP contribution is -2.50. The number of aryl methyl sites for hydroxylation is 2. The number of aromatic nitrogens is 2. The lowest BCUT2D eigenvalue weighted by Gasteiger charge is -2.36. The molecule has 2 rings (SSSR count). The lowest BCUT2D eigenvalue weighted by molar-refractivity contribution is -0.121. The zero-order valence-corrected chi connectivity index (χ0v) is 15.4. The molecule has 1 aliphatic rings. The Morgan fingerprint density at radius 3 is 2.68 bits per heavy atom. The van der Waals surface area contributed by atoms with Gasteiger partial charge in [0.2, 0.25) is 5.91 Å². The fourth-order valence-corrected chi connectivity index (χ4v) is 2.90. The Balaban J connectivity index is 1.76. The summed E-state index contributed by atoms with van der Waals surface area (Å²) >= 11 is 0. The molecule has 8 heteroatoms. The van der Waals surface area contributed by atoms with Gasteiger partial charge >= 0.3 is 6.03 Å². The molecule has 1 aliphatic heterocycles. The highest BCUT2D eigenvalue weighted by Crippen LogP contribution is 2.15. The Labute approximate surface area is 149 Å². The Morgan fingerprint density at radius 1 is 1.36 bits per heavy atom. The van der Waals surface area contributed by atoms with Crippen LogP contribution in [0.2, 0.25) is 0 Å². The SMILES string of the molecule is Cc1cnn(CCC(=O)NCCN(C(=O)N(C)C)C2CCOCC2)c1. The number of nitrogens with zero attached hydrogens (tertiary/aromatic N) is 4. The summed E-state index contributed by atoms with van der Waals surface area (Å²) in [5.74, 6) is -0.0302. The summed E-state index contributed by atoms with van der Waals surface area (Å²) in [5, 5.41) is 7.07. The minimum absolute atomic E-state index is 0.0202. The molecule has 0 spiro atoms. The highest BCUT2D eigenvalue weighted by molar-refractivity contribution is 5.76. The first-order chi connectivity index (χ1) is 12.0. The van der Waals surface area contributed by atoms with Gasteiger partial charge in [-0.2, -0.15) is 5.10 Å². The van der Waals surface area contributed by atoms with Gasteiger partial charge in [0.1, 0.15) is 0 Å². The van der Waals surface area contributed by atoms with Crippen LogP contribution in [0, 0.1) is 6.92 Å². The summed E-state index contributed by atoms with van der Waals surface area (Å²) in [7, 11) is 3.50. The van der Waals surface area contributed by atoms with Gasteiger partial charge in [0.15, 0.2) is 0 Å². The average molecular weight is 351 g/mol. The third-order valence-electron chi connectivity index (χ3n) is 4.27. The first-order valence-electron chi connectivity index (χ1n) is 8.79. The van der Waals surface area contributed by atoms with Crippen LogP contribution in [0.25, 0.3) is 0 Å². The molecule has 25 heavy (non-hydrogen) atoms. The Kier molecular flexibility index (Phi) is 7.24. The number of amides is 3. The van der Waals surface area contributed by atoms with E-state index in [0.29, 0.717) is 39.3 Å². The number of carbonyl (C=O) groups excluding carboxylic acids is 2. The summed E-state index contributed by atoms with van der Waals surface area (Å²) in [6, 6.07) is 0.153. The standard InChI is InChI=1S/C17H29N5O3/c1-14-12-19-21(13-14)8-4-16(23)18-7-9-22(17(24)20(2)3)15-5-10-25-11-6-15/h12-13,15H,4-11H2,1-3H3,(H,18,23). The largest absolute Gasteiger partial charge is 0.381 e. The summed E-state index contributed by atoms with van der Waals surface area (Å²) in [6.45, 7) is 4.84. The Bertz CT molecular complexity index is 566. The van der Waals surface area contributed by atoms with Crippen LogP contribution in [-0.4, -0.2) is 78.0 Å². The van der Waals surface area contributed by atoms with Crippen LogP contribution in [-0.2, 0) is 16.1 Å². The lowest BCUT2D eigenvalue weighted by atomic mass is 10.1. The molecule has 0 aromatic carbocycles. The van der Waals surface area contributed by atoms with Crippen LogP contribution >= 0.6 is 0 Å². The van der Waals surface area contributed by atoms with Gasteiger partial charge < -0.3 is 19.9 Å². The first kappa shape index (κ1) is 19.2. The molecule has 0 saturated carbocycles. The monoisotopic (exact) mass is 351 g/mol. The van der Waals surface area contributed by atoms with E-state index in [2.05, 4.69) is 10.4 Å². The Morgan fingerprint density at radius 2 is 2.08 bits per heavy atom. The van der Waals surface area contributed by atoms with Gasteiger partial charge in [0, 0.05) is 65.6 Å². The van der Waals surface area contributed by atoms with Crippen LogP contribution in [0.3, 0.4) is 0 Å². The normalized spacial score (nSPS) is 15.0. The number of hydrogen-bond donors (Lipinski definition) is 1. The highest BCUT2D eigenvalue weighted by atomic mass is 16.5. The van der Waals surface area contributed by atoms with Crippen LogP contribution in [0.1, 0.15) is 24.8 Å². The van der Waals surface area contributed by atoms with Gasteiger partial charge in [-0.1, -0.05) is 0 Å². The van der Waals surface area contributed by atoms with Crippen molar-refractivity contribution in [1.82, 2.24) is 24.9 Å². The molecule has 1 N–H and O–H groups in total. The summed E-state index contributed by atoms with van der Waals surface area (Å²) in [5.41, 5.74) is 1.08. The van der Waals surface area contributed by atoms with Crippen LogP contribution in [0.5, 0.6) is 0 Å². The maximum atomic E-state index is 12.4. The van der Waals surface area contributed by atoms with Gasteiger partial charge in [-0.3, -0.25) is 9.48 Å². The summed E-state index contributed by atoms with van der Waals surface area (Å²) in [4.78, 5) is 27.8. The van der Waals surface area contributed by atoms with E-state index in [1.165, 1.54) is 0 Å². The van der Waals surface area contributed by atoms with Crippen LogP contribution < -0.4 is 5.32 Å². The van der Waals surface area contributed by atoms with Crippen molar-refractivity contribution in [2.75, 3.05) is 40.4 Å². The second-order valence-electron chi connectivity index (χ2n) is 6.59. The fraction of sp³-hybridized carbons (Fsp3) is 0.706. The van der Waals surface area contributed by atoms with Gasteiger partial charge in [-0.05, 0) is 25.3 Å². The molecule has 1 saturated heterocycles. The van der Waals surface area contributed by atoms with Gasteiger partial charge in [-0.25, -0.2) is 4.79 Å². The van der Waals surface area contributed by atoms with Crippen molar-refractivity contribution in [3.05, 3.63) is 18.0 Å². The predicted octanol–water partition coefficient (Wildman–Crippen LogP) is 0.860. The molecule has 1 aromatic heterocycles. The molecule has 0 aliphatic carbocycles. The van der Waals surface area contributed by atoms with Gasteiger partial charge in [-0.15, -0.1) is 0 Å². The molecule has 0 bridgehead atoms. The van der Waals surface area contributed by atoms with E-state index in [-0.39, 0.29) is 18.0 Å². The third-order valence-corrected chi connectivity index (χ3v) is 4.27.